The summed E-state index contributed by atoms with van der Waals surface area (Å²) in [7, 11) is -0.176. The fourth-order valence-corrected chi connectivity index (χ4v) is 9.42. The summed E-state index contributed by atoms with van der Waals surface area (Å²) in [5, 5.41) is 41.6. The highest BCUT2D eigenvalue weighted by Gasteiger charge is 2.32. The molecule has 5 aromatic rings. The number of fused-ring (bicyclic) bond motifs is 1. The number of phenolic OH excluding ortho intramolecular Hbond substituents is 1. The van der Waals surface area contributed by atoms with Gasteiger partial charge in [-0.15, -0.1) is 5.10 Å². The summed E-state index contributed by atoms with van der Waals surface area (Å²) in [5.41, 5.74) is 13.7. The fraction of sp³-hybridized carbons (Fsp3) is 0.367. The van der Waals surface area contributed by atoms with E-state index in [0.29, 0.717) is 20.3 Å². The number of nitrogens with one attached hydrogen (secondary N) is 6. The average molecular weight is 1150 g/mol. The van der Waals surface area contributed by atoms with E-state index < -0.39 is 76.2 Å². The molecule has 1 aromatic heterocycles. The molecule has 5 amide bonds. The number of carbonyl (C=O) groups excluding carboxylic acids is 5. The van der Waals surface area contributed by atoms with Gasteiger partial charge in [0.2, 0.25) is 33.7 Å². The molecule has 1 heterocycles. The van der Waals surface area contributed by atoms with Crippen molar-refractivity contribution in [1.29, 1.82) is 0 Å². The third-order valence-electron chi connectivity index (χ3n) is 11.4. The lowest BCUT2D eigenvalue weighted by atomic mass is 10.00. The number of amides is 5. The zero-order valence-electron chi connectivity index (χ0n) is 41.5. The maximum absolute atomic E-state index is 14.2. The molecule has 0 radical (unpaired) electrons. The summed E-state index contributed by atoms with van der Waals surface area (Å²) < 4.78 is 32.0. The van der Waals surface area contributed by atoms with Gasteiger partial charge in [-0.25, -0.2) is 17.8 Å². The Morgan fingerprint density at radius 1 is 0.784 bits per heavy atom. The van der Waals surface area contributed by atoms with Crippen LogP contribution in [0.5, 0.6) is 5.75 Å². The molecule has 0 saturated heterocycles. The Morgan fingerprint density at radius 3 is 2.05 bits per heavy atom. The number of rotatable bonds is 26. The highest BCUT2D eigenvalue weighted by molar-refractivity contribution is 14.1. The molecule has 74 heavy (non-hydrogen) atoms. The Hall–Kier alpha value is -7.39. The van der Waals surface area contributed by atoms with Crippen molar-refractivity contribution < 1.29 is 47.4 Å². The lowest BCUT2D eigenvalue weighted by molar-refractivity contribution is -0.138. The van der Waals surface area contributed by atoms with Crippen LogP contribution < -0.4 is 47.7 Å². The first-order valence-corrected chi connectivity index (χ1v) is 26.0. The van der Waals surface area contributed by atoms with Gasteiger partial charge in [-0.3, -0.25) is 33.8 Å². The number of aliphatic carboxylic acids is 1. The highest BCUT2D eigenvalue weighted by Crippen LogP contribution is 2.30. The molecular weight excluding hydrogens is 1090 g/mol. The summed E-state index contributed by atoms with van der Waals surface area (Å²) in [5.74, 6) is -5.27. The van der Waals surface area contributed by atoms with Crippen LogP contribution in [0.3, 0.4) is 0 Å². The van der Waals surface area contributed by atoms with Crippen molar-refractivity contribution in [2.75, 3.05) is 32.1 Å². The lowest BCUT2D eigenvalue weighted by Crippen LogP contribution is -2.58. The standard InChI is InChI=1S/C49H62IN13O10S/c1-28(2)23-37(47(70)59-38(24-30-16-20-33(64)21-17-30)48(71)57-36(11-8-22-53-49(51)52)46(69)56-29(3)44(67)54-26-42(65)66)58-45(68)32-18-14-31(15-19-32)27-63-43(50)39(60-61-63)25-55-74(72,73)41-13-7-9-34-35(41)10-6-12-40(34)62(4)5/h6-7,9-10,12-21,28-29,36-38,55,64H,8,11,22-27H2,1-5H3,(H,54,67)(H,56,69)(H,57,71)(H,58,68)(H,59,70)(H,65,66)(H4,51,52,53)/t29-,36-,37-,38-/m1/s1. The molecule has 0 aliphatic carbocycles. The third kappa shape index (κ3) is 16.6. The number of sulfonamides is 1. The number of hydrogen-bond acceptors (Lipinski definition) is 13. The molecule has 0 fully saturated rings. The lowest BCUT2D eigenvalue weighted by Gasteiger charge is -2.26. The fourth-order valence-electron chi connectivity index (χ4n) is 7.65. The number of nitrogens with zero attached hydrogens (tertiary/aromatic N) is 5. The summed E-state index contributed by atoms with van der Waals surface area (Å²) in [6.07, 6.45) is 0.247. The van der Waals surface area contributed by atoms with E-state index in [0.717, 1.165) is 16.6 Å². The smallest absolute Gasteiger partial charge is 0.322 e. The first-order chi connectivity index (χ1) is 35.0. The second kappa shape index (κ2) is 26.5. The summed E-state index contributed by atoms with van der Waals surface area (Å²) in [4.78, 5) is 85.1. The molecule has 0 spiro atoms. The quantitative estimate of drug-likeness (QED) is 0.0162. The van der Waals surface area contributed by atoms with Gasteiger partial charge in [-0.05, 0) is 102 Å². The van der Waals surface area contributed by atoms with Gasteiger partial charge < -0.3 is 53.2 Å². The van der Waals surface area contributed by atoms with Crippen LogP contribution in [0.2, 0.25) is 0 Å². The van der Waals surface area contributed by atoms with E-state index in [-0.39, 0.29) is 73.4 Å². The molecule has 0 saturated carbocycles. The molecular formula is C49H62IN13O10S. The molecule has 5 rings (SSSR count). The Balaban J connectivity index is 1.27. The number of aromatic nitrogens is 3. The van der Waals surface area contributed by atoms with Gasteiger partial charge in [-0.1, -0.05) is 67.6 Å². The minimum atomic E-state index is -3.96. The minimum Gasteiger partial charge on any atom is -0.508 e. The molecule has 12 N–H and O–H groups in total. The SMILES string of the molecule is CC(C)C[C@@H](NC(=O)c1ccc(Cn2nnc(CNS(=O)(=O)c3cccc4c(N(C)C)cccc34)c2I)cc1)C(=O)N[C@H](Cc1ccc(O)cc1)C(=O)N[C@H](CCCN=C(N)N)C(=O)N[C@H](C)C(=O)NCC(=O)O. The number of guanidine groups is 1. The van der Waals surface area contributed by atoms with E-state index in [9.17, 15) is 42.3 Å². The van der Waals surface area contributed by atoms with E-state index in [1.54, 1.807) is 59.3 Å². The Kier molecular flexibility index (Phi) is 20.6. The Labute approximate surface area is 441 Å². The monoisotopic (exact) mass is 1150 g/mol. The van der Waals surface area contributed by atoms with Crippen LogP contribution in [0.4, 0.5) is 5.69 Å². The molecule has 0 aliphatic rings. The van der Waals surface area contributed by atoms with Crippen molar-refractivity contribution in [2.24, 2.45) is 22.4 Å². The second-order valence-electron chi connectivity index (χ2n) is 18.0. The molecule has 23 nitrogen and oxygen atoms in total. The normalized spacial score (nSPS) is 13.0. The van der Waals surface area contributed by atoms with Gasteiger partial charge in [-0.2, -0.15) is 0 Å². The van der Waals surface area contributed by atoms with Gasteiger partial charge >= 0.3 is 5.97 Å². The minimum absolute atomic E-state index is 0.0168. The molecule has 396 valence electrons. The van der Waals surface area contributed by atoms with Crippen LogP contribution in [0, 0.1) is 9.62 Å². The first kappa shape index (κ1) is 57.5. The molecule has 0 aliphatic heterocycles. The largest absolute Gasteiger partial charge is 0.508 e. The number of benzene rings is 4. The van der Waals surface area contributed by atoms with Crippen molar-refractivity contribution in [3.05, 3.63) is 111 Å². The number of halogens is 1. The summed E-state index contributed by atoms with van der Waals surface area (Å²) in [6.45, 7) is 4.57. The predicted molar refractivity (Wildman–Crippen MR) is 285 cm³/mol. The number of aliphatic imine (C=N–C) groups is 1. The van der Waals surface area contributed by atoms with Crippen molar-refractivity contribution in [2.45, 2.75) is 88.6 Å². The molecule has 0 bridgehead atoms. The second-order valence-corrected chi connectivity index (χ2v) is 20.7. The van der Waals surface area contributed by atoms with Crippen LogP contribution in [-0.2, 0) is 53.5 Å². The number of nitrogens with two attached hydrogens (primary N) is 2. The first-order valence-electron chi connectivity index (χ1n) is 23.4. The number of phenols is 1. The van der Waals surface area contributed by atoms with Gasteiger partial charge in [0.25, 0.3) is 5.91 Å². The number of carboxylic acids is 1. The van der Waals surface area contributed by atoms with Crippen molar-refractivity contribution in [3.8, 4) is 5.75 Å². The van der Waals surface area contributed by atoms with Crippen molar-refractivity contribution in [1.82, 2.24) is 46.3 Å². The van der Waals surface area contributed by atoms with Crippen LogP contribution in [0.15, 0.2) is 94.8 Å². The van der Waals surface area contributed by atoms with E-state index >= 15 is 0 Å². The zero-order valence-corrected chi connectivity index (χ0v) is 44.4. The van der Waals surface area contributed by atoms with Crippen LogP contribution in [-0.4, -0.2) is 126 Å². The van der Waals surface area contributed by atoms with E-state index in [2.05, 4.69) is 46.6 Å². The summed E-state index contributed by atoms with van der Waals surface area (Å²) >= 11 is 2.05. The maximum atomic E-state index is 14.2. The number of carboxylic acid groups (broad SMARTS) is 1. The maximum Gasteiger partial charge on any atom is 0.322 e. The van der Waals surface area contributed by atoms with E-state index in [1.807, 2.05) is 73.6 Å². The van der Waals surface area contributed by atoms with Crippen LogP contribution in [0.1, 0.15) is 67.2 Å². The number of hydrogen-bond donors (Lipinski definition) is 10. The third-order valence-corrected chi connectivity index (χ3v) is 14.1. The summed E-state index contributed by atoms with van der Waals surface area (Å²) in [6, 6.07) is 18.2. The molecule has 0 unspecified atom stereocenters. The van der Waals surface area contributed by atoms with Gasteiger partial charge in [0, 0.05) is 49.1 Å². The zero-order chi connectivity index (χ0) is 54.3. The van der Waals surface area contributed by atoms with Gasteiger partial charge in [0.15, 0.2) is 5.96 Å². The number of aromatic hydroxyl groups is 1. The van der Waals surface area contributed by atoms with Crippen LogP contribution >= 0.6 is 22.6 Å². The van der Waals surface area contributed by atoms with Gasteiger partial charge in [0.05, 0.1) is 18.0 Å². The Bertz CT molecular complexity index is 2950. The average Bonchev–Trinajstić information content (AvgIpc) is 3.70. The highest BCUT2D eigenvalue weighted by atomic mass is 127. The van der Waals surface area contributed by atoms with Crippen molar-refractivity contribution in [3.63, 3.8) is 0 Å². The molecule has 4 atom stereocenters. The topological polar surface area (TPSA) is 348 Å². The molecule has 25 heteroatoms. The number of carbonyl (C=O) groups is 6. The van der Waals surface area contributed by atoms with Crippen molar-refractivity contribution >= 4 is 90.5 Å². The predicted octanol–water partition coefficient (Wildman–Crippen LogP) is 1.45. The number of anilines is 1. The van der Waals surface area contributed by atoms with E-state index in [4.69, 9.17) is 16.6 Å². The van der Waals surface area contributed by atoms with E-state index in [1.165, 1.54) is 19.1 Å². The molecule has 4 aromatic carbocycles. The van der Waals surface area contributed by atoms with Crippen LogP contribution in [0.25, 0.3) is 10.8 Å². The van der Waals surface area contributed by atoms with Gasteiger partial charge in [0.1, 0.15) is 45.9 Å². The Morgan fingerprint density at radius 2 is 1.41 bits per heavy atom.